The third-order valence-corrected chi connectivity index (χ3v) is 4.23. The highest BCUT2D eigenvalue weighted by molar-refractivity contribution is 7.09. The second-order valence-corrected chi connectivity index (χ2v) is 7.01. The van der Waals surface area contributed by atoms with Crippen LogP contribution in [0.5, 0.6) is 5.75 Å². The molecule has 2 heterocycles. The molecule has 5 nitrogen and oxygen atoms in total. The molecule has 3 rings (SSSR count). The molecule has 25 heavy (non-hydrogen) atoms. The predicted molar refractivity (Wildman–Crippen MR) is 97.9 cm³/mol. The van der Waals surface area contributed by atoms with Crippen LogP contribution in [-0.2, 0) is 6.54 Å². The van der Waals surface area contributed by atoms with Gasteiger partial charge in [0, 0.05) is 11.9 Å². The van der Waals surface area contributed by atoms with Crippen molar-refractivity contribution in [2.75, 3.05) is 0 Å². The summed E-state index contributed by atoms with van der Waals surface area (Å²) in [6.07, 6.45) is 1.57. The minimum atomic E-state index is -0.183. The van der Waals surface area contributed by atoms with E-state index < -0.39 is 0 Å². The van der Waals surface area contributed by atoms with Gasteiger partial charge in [0.05, 0.1) is 16.7 Å². The highest BCUT2D eigenvalue weighted by Gasteiger charge is 2.13. The van der Waals surface area contributed by atoms with Crippen LogP contribution in [0, 0.1) is 6.92 Å². The summed E-state index contributed by atoms with van der Waals surface area (Å²) in [5.74, 6) is 1.21. The number of nitrogens with one attached hydrogen (secondary N) is 1. The lowest BCUT2D eigenvalue weighted by molar-refractivity contribution is 0.0950. The second-order valence-electron chi connectivity index (χ2n) is 5.95. The van der Waals surface area contributed by atoms with Crippen LogP contribution in [0.3, 0.4) is 0 Å². The number of aromatic nitrogens is 1. The van der Waals surface area contributed by atoms with Crippen molar-refractivity contribution in [3.8, 4) is 17.2 Å². The van der Waals surface area contributed by atoms with Crippen molar-refractivity contribution in [3.05, 3.63) is 58.1 Å². The molecule has 0 aliphatic carbocycles. The average molecular weight is 356 g/mol. The largest absolute Gasteiger partial charge is 0.491 e. The van der Waals surface area contributed by atoms with Crippen molar-refractivity contribution >= 4 is 17.2 Å². The van der Waals surface area contributed by atoms with Gasteiger partial charge in [-0.2, -0.15) is 0 Å². The number of carbonyl (C=O) groups excluding carboxylic acids is 1. The Hall–Kier alpha value is -2.60. The van der Waals surface area contributed by atoms with Gasteiger partial charge >= 0.3 is 0 Å². The number of amides is 1. The fourth-order valence-corrected chi connectivity index (χ4v) is 2.95. The first kappa shape index (κ1) is 17.2. The minimum Gasteiger partial charge on any atom is -0.491 e. The zero-order valence-electron chi connectivity index (χ0n) is 14.4. The van der Waals surface area contributed by atoms with Gasteiger partial charge in [-0.3, -0.25) is 4.79 Å². The Kier molecular flexibility index (Phi) is 5.19. The molecule has 130 valence electrons. The summed E-state index contributed by atoms with van der Waals surface area (Å²) in [5, 5.41) is 5.77. The fourth-order valence-electron chi connectivity index (χ4n) is 2.35. The highest BCUT2D eigenvalue weighted by Crippen LogP contribution is 2.23. The van der Waals surface area contributed by atoms with Crippen molar-refractivity contribution in [2.24, 2.45) is 0 Å². The van der Waals surface area contributed by atoms with Gasteiger partial charge in [-0.05, 0) is 44.5 Å². The van der Waals surface area contributed by atoms with Gasteiger partial charge in [-0.15, -0.1) is 11.3 Å². The number of hydrogen-bond donors (Lipinski definition) is 1. The lowest BCUT2D eigenvalue weighted by atomic mass is 10.2. The van der Waals surface area contributed by atoms with E-state index in [-0.39, 0.29) is 12.0 Å². The van der Waals surface area contributed by atoms with E-state index in [1.54, 1.807) is 17.4 Å². The van der Waals surface area contributed by atoms with Crippen LogP contribution < -0.4 is 10.1 Å². The normalized spacial score (nSPS) is 10.9. The maximum Gasteiger partial charge on any atom is 0.254 e. The van der Waals surface area contributed by atoms with Gasteiger partial charge in [0.25, 0.3) is 5.91 Å². The molecule has 0 radical (unpaired) electrons. The molecule has 1 amide bonds. The molecule has 1 aromatic carbocycles. The van der Waals surface area contributed by atoms with E-state index in [0.29, 0.717) is 17.9 Å². The topological polar surface area (TPSA) is 64.4 Å². The number of ether oxygens (including phenoxy) is 1. The number of furan rings is 1. The molecule has 0 fully saturated rings. The molecule has 2 aromatic heterocycles. The minimum absolute atomic E-state index is 0.114. The molecule has 0 bridgehead atoms. The van der Waals surface area contributed by atoms with Gasteiger partial charge in [0.2, 0.25) is 0 Å². The molecular formula is C19H20N2O3S. The third-order valence-electron chi connectivity index (χ3n) is 3.46. The molecule has 0 aliphatic heterocycles. The van der Waals surface area contributed by atoms with E-state index in [2.05, 4.69) is 10.3 Å². The zero-order valence-corrected chi connectivity index (χ0v) is 15.2. The monoisotopic (exact) mass is 356 g/mol. The molecule has 0 aliphatic rings. The van der Waals surface area contributed by atoms with Gasteiger partial charge in [0.1, 0.15) is 17.7 Å². The van der Waals surface area contributed by atoms with E-state index in [1.165, 1.54) is 6.26 Å². The van der Waals surface area contributed by atoms with Crippen LogP contribution in [0.25, 0.3) is 11.5 Å². The first-order chi connectivity index (χ1) is 12.0. The standard InChI is InChI=1S/C19H20N2O3S/c1-12(2)24-16-6-4-5-14(7-16)9-20-19(22)15-8-18(23-10-15)17-11-25-13(3)21-17/h4-8,10-12H,9H2,1-3H3,(H,20,22). The van der Waals surface area contributed by atoms with Gasteiger partial charge in [0.15, 0.2) is 5.76 Å². The molecular weight excluding hydrogens is 336 g/mol. The van der Waals surface area contributed by atoms with E-state index in [0.717, 1.165) is 22.0 Å². The summed E-state index contributed by atoms with van der Waals surface area (Å²) in [7, 11) is 0. The number of carbonyl (C=O) groups is 1. The molecule has 0 unspecified atom stereocenters. The van der Waals surface area contributed by atoms with Crippen LogP contribution in [0.2, 0.25) is 0 Å². The Balaban J connectivity index is 1.62. The fraction of sp³-hybridized carbons (Fsp3) is 0.263. The zero-order chi connectivity index (χ0) is 17.8. The van der Waals surface area contributed by atoms with E-state index >= 15 is 0 Å². The van der Waals surface area contributed by atoms with E-state index in [9.17, 15) is 4.79 Å². The Bertz CT molecular complexity index is 867. The Labute approximate surface area is 150 Å². The maximum absolute atomic E-state index is 12.3. The molecule has 0 saturated carbocycles. The summed E-state index contributed by atoms with van der Waals surface area (Å²) in [6.45, 7) is 6.32. The lowest BCUT2D eigenvalue weighted by Gasteiger charge is -2.11. The Morgan fingerprint density at radius 2 is 2.20 bits per heavy atom. The van der Waals surface area contributed by atoms with Crippen molar-refractivity contribution in [2.45, 2.75) is 33.4 Å². The quantitative estimate of drug-likeness (QED) is 0.710. The summed E-state index contributed by atoms with van der Waals surface area (Å²) in [5.41, 5.74) is 2.21. The Morgan fingerprint density at radius 3 is 2.92 bits per heavy atom. The van der Waals surface area contributed by atoms with E-state index in [1.807, 2.05) is 50.4 Å². The average Bonchev–Trinajstić information content (AvgIpc) is 3.21. The van der Waals surface area contributed by atoms with Crippen LogP contribution in [0.4, 0.5) is 0 Å². The molecule has 0 saturated heterocycles. The second kappa shape index (κ2) is 7.53. The molecule has 0 spiro atoms. The maximum atomic E-state index is 12.3. The molecule has 1 N–H and O–H groups in total. The Morgan fingerprint density at radius 1 is 1.36 bits per heavy atom. The van der Waals surface area contributed by atoms with Crippen molar-refractivity contribution in [1.82, 2.24) is 10.3 Å². The van der Waals surface area contributed by atoms with E-state index in [4.69, 9.17) is 9.15 Å². The van der Waals surface area contributed by atoms with Crippen LogP contribution in [-0.4, -0.2) is 17.0 Å². The van der Waals surface area contributed by atoms with Gasteiger partial charge < -0.3 is 14.5 Å². The molecule has 3 aromatic rings. The summed E-state index contributed by atoms with van der Waals surface area (Å²) < 4.78 is 11.1. The summed E-state index contributed by atoms with van der Waals surface area (Å²) in [6, 6.07) is 9.41. The molecule has 0 atom stereocenters. The first-order valence-electron chi connectivity index (χ1n) is 8.06. The third kappa shape index (κ3) is 4.48. The van der Waals surface area contributed by atoms with Crippen molar-refractivity contribution < 1.29 is 13.9 Å². The van der Waals surface area contributed by atoms with Gasteiger partial charge in [-0.25, -0.2) is 4.98 Å². The SMILES string of the molecule is Cc1nc(-c2cc(C(=O)NCc3cccc(OC(C)C)c3)co2)cs1. The number of aryl methyl sites for hydroxylation is 1. The van der Waals surface area contributed by atoms with Crippen LogP contribution >= 0.6 is 11.3 Å². The van der Waals surface area contributed by atoms with Crippen LogP contribution in [0.15, 0.2) is 46.4 Å². The van der Waals surface area contributed by atoms with Crippen LogP contribution in [0.1, 0.15) is 34.8 Å². The summed E-state index contributed by atoms with van der Waals surface area (Å²) >= 11 is 1.55. The van der Waals surface area contributed by atoms with Crippen molar-refractivity contribution in [1.29, 1.82) is 0 Å². The summed E-state index contributed by atoms with van der Waals surface area (Å²) in [4.78, 5) is 16.7. The van der Waals surface area contributed by atoms with Crippen molar-refractivity contribution in [3.63, 3.8) is 0 Å². The van der Waals surface area contributed by atoms with Gasteiger partial charge in [-0.1, -0.05) is 12.1 Å². The lowest BCUT2D eigenvalue weighted by Crippen LogP contribution is -2.22. The number of nitrogens with zero attached hydrogens (tertiary/aromatic N) is 1. The smallest absolute Gasteiger partial charge is 0.254 e. The highest BCUT2D eigenvalue weighted by atomic mass is 32.1. The molecule has 6 heteroatoms. The number of rotatable bonds is 6. The first-order valence-corrected chi connectivity index (χ1v) is 8.94. The number of thiazole rings is 1. The number of benzene rings is 1. The predicted octanol–water partition coefficient (Wildman–Crippen LogP) is 4.43. The number of hydrogen-bond acceptors (Lipinski definition) is 5.